The molecular formula is C22H21N5O4. The Hall–Kier alpha value is -3.59. The molecule has 0 spiro atoms. The molecule has 0 saturated carbocycles. The number of benzene rings is 1. The van der Waals surface area contributed by atoms with Crippen molar-refractivity contribution < 1.29 is 18.8 Å². The Bertz CT molecular complexity index is 1140. The van der Waals surface area contributed by atoms with E-state index >= 15 is 0 Å². The number of ketones is 2. The minimum Gasteiger partial charge on any atom is -0.459 e. The number of rotatable bonds is 5. The lowest BCUT2D eigenvalue weighted by Gasteiger charge is -2.34. The summed E-state index contributed by atoms with van der Waals surface area (Å²) < 4.78 is 6.74. The summed E-state index contributed by atoms with van der Waals surface area (Å²) in [5.41, 5.74) is 1.20. The lowest BCUT2D eigenvalue weighted by Crippen LogP contribution is -2.48. The number of carbonyl (C=O) groups excluding carboxylic acids is 3. The second kappa shape index (κ2) is 7.92. The van der Waals surface area contributed by atoms with Gasteiger partial charge < -0.3 is 9.32 Å². The van der Waals surface area contributed by atoms with Gasteiger partial charge in [0.15, 0.2) is 11.5 Å². The molecule has 1 aromatic carbocycles. The molecule has 1 aliphatic carbocycles. The first-order valence-electron chi connectivity index (χ1n) is 10.3. The van der Waals surface area contributed by atoms with Gasteiger partial charge in [0, 0.05) is 50.4 Å². The van der Waals surface area contributed by atoms with Crippen LogP contribution < -0.4 is 0 Å². The second-order valence-corrected chi connectivity index (χ2v) is 7.68. The van der Waals surface area contributed by atoms with Crippen molar-refractivity contribution in [3.8, 4) is 0 Å². The number of furan rings is 1. The Morgan fingerprint density at radius 1 is 0.935 bits per heavy atom. The highest BCUT2D eigenvalue weighted by Gasteiger charge is 2.34. The monoisotopic (exact) mass is 419 g/mol. The van der Waals surface area contributed by atoms with E-state index in [2.05, 4.69) is 15.2 Å². The largest absolute Gasteiger partial charge is 0.459 e. The van der Waals surface area contributed by atoms with Crippen molar-refractivity contribution in [3.63, 3.8) is 0 Å². The molecule has 158 valence electrons. The van der Waals surface area contributed by atoms with Gasteiger partial charge >= 0.3 is 0 Å². The maximum Gasteiger partial charge on any atom is 0.289 e. The normalized spacial score (nSPS) is 16.3. The van der Waals surface area contributed by atoms with Crippen LogP contribution in [0.15, 0.2) is 47.1 Å². The van der Waals surface area contributed by atoms with Gasteiger partial charge in [-0.1, -0.05) is 29.5 Å². The fraction of sp³-hybridized carbons (Fsp3) is 0.318. The molecule has 1 saturated heterocycles. The number of hydrogen-bond donors (Lipinski definition) is 0. The Morgan fingerprint density at radius 2 is 1.68 bits per heavy atom. The first kappa shape index (κ1) is 19.4. The maximum absolute atomic E-state index is 12.9. The number of fused-ring (bicyclic) bond motifs is 2. The molecule has 5 rings (SSSR count). The van der Waals surface area contributed by atoms with E-state index < -0.39 is 0 Å². The third-order valence-corrected chi connectivity index (χ3v) is 5.82. The van der Waals surface area contributed by atoms with Crippen LogP contribution in [0.2, 0.25) is 0 Å². The Kier molecular flexibility index (Phi) is 4.95. The SMILES string of the molecule is O=C1c2ccccc2C(=O)c2c1nnn2CCCN1CCN(C(=O)c2ccco2)CC1. The average Bonchev–Trinajstić information content (AvgIpc) is 3.48. The van der Waals surface area contributed by atoms with E-state index in [1.54, 1.807) is 46.0 Å². The van der Waals surface area contributed by atoms with Gasteiger partial charge in [-0.3, -0.25) is 19.3 Å². The van der Waals surface area contributed by atoms with Gasteiger partial charge in [-0.25, -0.2) is 4.68 Å². The number of aryl methyl sites for hydroxylation is 1. The molecule has 31 heavy (non-hydrogen) atoms. The van der Waals surface area contributed by atoms with Gasteiger partial charge in [-0.05, 0) is 18.6 Å². The molecule has 0 atom stereocenters. The molecular weight excluding hydrogens is 398 g/mol. The Labute approximate surface area is 178 Å². The van der Waals surface area contributed by atoms with Crippen LogP contribution in [0, 0.1) is 0 Å². The second-order valence-electron chi connectivity index (χ2n) is 7.68. The molecule has 0 radical (unpaired) electrons. The van der Waals surface area contributed by atoms with Crippen molar-refractivity contribution in [2.75, 3.05) is 32.7 Å². The Balaban J connectivity index is 1.18. The van der Waals surface area contributed by atoms with E-state index in [0.717, 1.165) is 26.1 Å². The smallest absolute Gasteiger partial charge is 0.289 e. The van der Waals surface area contributed by atoms with Crippen molar-refractivity contribution in [2.24, 2.45) is 0 Å². The van der Waals surface area contributed by atoms with Crippen LogP contribution in [0.4, 0.5) is 0 Å². The summed E-state index contributed by atoms with van der Waals surface area (Å²) in [4.78, 5) is 42.0. The van der Waals surface area contributed by atoms with Crippen molar-refractivity contribution in [1.29, 1.82) is 0 Å². The minimum absolute atomic E-state index is 0.0812. The van der Waals surface area contributed by atoms with Crippen molar-refractivity contribution in [1.82, 2.24) is 24.8 Å². The summed E-state index contributed by atoms with van der Waals surface area (Å²) in [5.74, 6) is -0.179. The number of hydrogen-bond acceptors (Lipinski definition) is 7. The lowest BCUT2D eigenvalue weighted by atomic mass is 9.90. The highest BCUT2D eigenvalue weighted by molar-refractivity contribution is 6.26. The van der Waals surface area contributed by atoms with Crippen LogP contribution in [0.25, 0.3) is 0 Å². The number of nitrogens with zero attached hydrogens (tertiary/aromatic N) is 5. The van der Waals surface area contributed by atoms with Gasteiger partial charge in [0.2, 0.25) is 11.6 Å². The fourth-order valence-electron chi connectivity index (χ4n) is 4.16. The predicted octanol–water partition coefficient (Wildman–Crippen LogP) is 1.49. The molecule has 1 amide bonds. The molecule has 1 fully saturated rings. The van der Waals surface area contributed by atoms with Gasteiger partial charge in [0.25, 0.3) is 5.91 Å². The van der Waals surface area contributed by atoms with E-state index in [1.165, 1.54) is 6.26 Å². The molecule has 0 unspecified atom stereocenters. The van der Waals surface area contributed by atoms with E-state index in [9.17, 15) is 14.4 Å². The van der Waals surface area contributed by atoms with Crippen molar-refractivity contribution in [2.45, 2.75) is 13.0 Å². The first-order chi connectivity index (χ1) is 15.1. The topological polar surface area (TPSA) is 102 Å². The molecule has 3 aromatic rings. The highest BCUT2D eigenvalue weighted by atomic mass is 16.3. The lowest BCUT2D eigenvalue weighted by molar-refractivity contribution is 0.0603. The van der Waals surface area contributed by atoms with E-state index in [4.69, 9.17) is 4.42 Å². The van der Waals surface area contributed by atoms with Crippen LogP contribution in [0.3, 0.4) is 0 Å². The quantitative estimate of drug-likeness (QED) is 0.483. The molecule has 1 aliphatic heterocycles. The molecule has 0 bridgehead atoms. The van der Waals surface area contributed by atoms with Gasteiger partial charge in [-0.15, -0.1) is 5.10 Å². The zero-order valence-electron chi connectivity index (χ0n) is 16.9. The minimum atomic E-state index is -0.256. The predicted molar refractivity (Wildman–Crippen MR) is 109 cm³/mol. The molecule has 9 nitrogen and oxygen atoms in total. The third-order valence-electron chi connectivity index (χ3n) is 5.82. The van der Waals surface area contributed by atoms with E-state index in [-0.39, 0.29) is 28.9 Å². The van der Waals surface area contributed by atoms with Crippen molar-refractivity contribution in [3.05, 3.63) is 70.9 Å². The zero-order valence-corrected chi connectivity index (χ0v) is 16.9. The van der Waals surface area contributed by atoms with Crippen LogP contribution >= 0.6 is 0 Å². The van der Waals surface area contributed by atoms with Gasteiger partial charge in [-0.2, -0.15) is 0 Å². The summed E-state index contributed by atoms with van der Waals surface area (Å²) in [5, 5.41) is 8.05. The summed E-state index contributed by atoms with van der Waals surface area (Å²) in [6, 6.07) is 10.2. The third kappa shape index (κ3) is 3.46. The molecule has 9 heteroatoms. The molecule has 3 heterocycles. The molecule has 0 N–H and O–H groups in total. The van der Waals surface area contributed by atoms with E-state index in [0.29, 0.717) is 36.5 Å². The van der Waals surface area contributed by atoms with Gasteiger partial charge in [0.05, 0.1) is 6.26 Å². The fourth-order valence-corrected chi connectivity index (χ4v) is 4.16. The standard InChI is InChI=1S/C22H21N5O4/c28-20-15-5-1-2-6-16(15)21(29)19-18(20)23-24-27(19)9-4-8-25-10-12-26(13-11-25)22(30)17-7-3-14-31-17/h1-3,5-7,14H,4,8-13H2. The van der Waals surface area contributed by atoms with E-state index in [1.807, 2.05) is 0 Å². The number of carbonyl (C=O) groups is 3. The summed E-state index contributed by atoms with van der Waals surface area (Å²) >= 11 is 0. The zero-order chi connectivity index (χ0) is 21.4. The number of aromatic nitrogens is 3. The maximum atomic E-state index is 12.9. The Morgan fingerprint density at radius 3 is 2.39 bits per heavy atom. The summed E-state index contributed by atoms with van der Waals surface area (Å²) in [7, 11) is 0. The number of piperazine rings is 1. The average molecular weight is 419 g/mol. The first-order valence-corrected chi connectivity index (χ1v) is 10.3. The van der Waals surface area contributed by atoms with Crippen LogP contribution in [0.5, 0.6) is 0 Å². The highest BCUT2D eigenvalue weighted by Crippen LogP contribution is 2.25. The van der Waals surface area contributed by atoms with Crippen molar-refractivity contribution >= 4 is 17.5 Å². The summed E-state index contributed by atoms with van der Waals surface area (Å²) in [6.07, 6.45) is 2.26. The molecule has 2 aromatic heterocycles. The van der Waals surface area contributed by atoms with Gasteiger partial charge in [0.1, 0.15) is 5.69 Å². The molecule has 2 aliphatic rings. The summed E-state index contributed by atoms with van der Waals surface area (Å²) in [6.45, 7) is 4.12. The number of amides is 1. The van der Waals surface area contributed by atoms with Crippen LogP contribution in [0.1, 0.15) is 49.1 Å². The van der Waals surface area contributed by atoms with Crippen LogP contribution in [-0.2, 0) is 6.54 Å². The van der Waals surface area contributed by atoms with Crippen LogP contribution in [-0.4, -0.2) is 75.0 Å².